The van der Waals surface area contributed by atoms with E-state index >= 15 is 0 Å². The number of carboxylic acid groups (broad SMARTS) is 1. The van der Waals surface area contributed by atoms with Gasteiger partial charge in [0.2, 0.25) is 5.91 Å². The average Bonchev–Trinajstić information content (AvgIpc) is 2.85. The summed E-state index contributed by atoms with van der Waals surface area (Å²) in [4.78, 5) is 22.7. The van der Waals surface area contributed by atoms with Crippen molar-refractivity contribution in [1.82, 2.24) is 5.32 Å². The van der Waals surface area contributed by atoms with Crippen LogP contribution in [0.4, 0.5) is 0 Å². The monoisotopic (exact) mass is 549 g/mol. The molecule has 0 aromatic heterocycles. The van der Waals surface area contributed by atoms with E-state index in [-0.39, 0.29) is 17.1 Å². The van der Waals surface area contributed by atoms with Crippen LogP contribution in [0.3, 0.4) is 0 Å². The normalized spacial score (nSPS) is 12.5. The van der Waals surface area contributed by atoms with Gasteiger partial charge in [-0.2, -0.15) is 0 Å². The van der Waals surface area contributed by atoms with Crippen molar-refractivity contribution in [1.29, 1.82) is 0 Å². The second-order valence-corrected chi connectivity index (χ2v) is 11.7. The summed E-state index contributed by atoms with van der Waals surface area (Å²) in [7, 11) is 3.16. The lowest BCUT2D eigenvalue weighted by Gasteiger charge is -2.20. The smallest absolute Gasteiger partial charge is 0.304 e. The van der Waals surface area contributed by atoms with Gasteiger partial charge in [-0.25, -0.2) is 0 Å². The van der Waals surface area contributed by atoms with Gasteiger partial charge in [0.25, 0.3) is 0 Å². The predicted octanol–water partition coefficient (Wildman–Crippen LogP) is 9.24. The topological polar surface area (TPSA) is 66.4 Å². The van der Waals surface area contributed by atoms with Gasteiger partial charge in [0.1, 0.15) is 0 Å². The van der Waals surface area contributed by atoms with Crippen molar-refractivity contribution in [3.8, 4) is 0 Å². The van der Waals surface area contributed by atoms with Crippen LogP contribution in [0, 0.1) is 0 Å². The number of carbonyl (C=O) groups is 2. The molecule has 0 aromatic rings. The van der Waals surface area contributed by atoms with Crippen molar-refractivity contribution in [3.05, 3.63) is 72.9 Å². The van der Waals surface area contributed by atoms with E-state index in [0.29, 0.717) is 13.0 Å². The fourth-order valence-electron chi connectivity index (χ4n) is 2.77. The van der Waals surface area contributed by atoms with Crippen LogP contribution in [0.15, 0.2) is 72.9 Å². The molecule has 0 radical (unpaired) electrons. The standard InChI is InChI=1S/C29H45NO3S2.C2H6/c1-4-5-6-7-8-9-10-11-12-13-14-15-16-17-18-19-20-21-22-23-27(31)30-24-25-34-35-29(2,3)26-28(32)33;1-2/h5-6,8-9,11-12,14-15,17-18,20-21H,4,7,10,13,16,19,22-26H2,1-3H3,(H,30,31)(H,32,33);1-2H3/b6-5-,9-8-,12-11-,15-14-,18-17-,21-20-;. The summed E-state index contributed by atoms with van der Waals surface area (Å²) in [5.74, 6) is 0.0325. The molecular weight excluding hydrogens is 498 g/mol. The van der Waals surface area contributed by atoms with Crippen LogP contribution in [0.5, 0.6) is 0 Å². The summed E-state index contributed by atoms with van der Waals surface area (Å²) >= 11 is 0. The maximum absolute atomic E-state index is 11.9. The number of aliphatic carboxylic acids is 1. The Morgan fingerprint density at radius 3 is 1.62 bits per heavy atom. The van der Waals surface area contributed by atoms with E-state index in [1.54, 1.807) is 21.6 Å². The quantitative estimate of drug-likeness (QED) is 0.0848. The largest absolute Gasteiger partial charge is 0.481 e. The Kier molecular flexibility index (Phi) is 28.8. The zero-order valence-corrected chi connectivity index (χ0v) is 25.4. The molecule has 0 heterocycles. The summed E-state index contributed by atoms with van der Waals surface area (Å²) in [6, 6.07) is 0. The highest BCUT2D eigenvalue weighted by atomic mass is 33.1. The Morgan fingerprint density at radius 2 is 1.19 bits per heavy atom. The van der Waals surface area contributed by atoms with E-state index in [9.17, 15) is 9.59 Å². The summed E-state index contributed by atoms with van der Waals surface area (Å²) in [6.07, 6.45) is 33.3. The molecule has 2 N–H and O–H groups in total. The Morgan fingerprint density at radius 1 is 0.757 bits per heavy atom. The molecule has 1 amide bonds. The predicted molar refractivity (Wildman–Crippen MR) is 168 cm³/mol. The molecule has 210 valence electrons. The highest BCUT2D eigenvalue weighted by Crippen LogP contribution is 2.37. The van der Waals surface area contributed by atoms with E-state index in [2.05, 4.69) is 85.2 Å². The second kappa shape index (κ2) is 28.6. The molecule has 4 nitrogen and oxygen atoms in total. The molecule has 0 unspecified atom stereocenters. The average molecular weight is 550 g/mol. The first kappa shape index (κ1) is 37.2. The molecule has 0 aliphatic carbocycles. The van der Waals surface area contributed by atoms with Crippen molar-refractivity contribution < 1.29 is 14.7 Å². The molecule has 0 spiro atoms. The van der Waals surface area contributed by atoms with Crippen molar-refractivity contribution in [3.63, 3.8) is 0 Å². The lowest BCUT2D eigenvalue weighted by atomic mass is 10.1. The van der Waals surface area contributed by atoms with Crippen LogP contribution in [-0.2, 0) is 9.59 Å². The zero-order chi connectivity index (χ0) is 28.0. The first-order valence-corrected chi connectivity index (χ1v) is 15.9. The van der Waals surface area contributed by atoms with Gasteiger partial charge in [-0.1, -0.05) is 115 Å². The van der Waals surface area contributed by atoms with Gasteiger partial charge in [-0.3, -0.25) is 9.59 Å². The van der Waals surface area contributed by atoms with Gasteiger partial charge in [-0.15, -0.1) is 0 Å². The number of carboxylic acids is 1. The van der Waals surface area contributed by atoms with E-state index < -0.39 is 5.97 Å². The van der Waals surface area contributed by atoms with Gasteiger partial charge in [0.05, 0.1) is 6.42 Å². The highest BCUT2D eigenvalue weighted by molar-refractivity contribution is 8.77. The maximum atomic E-state index is 11.9. The fourth-order valence-corrected chi connectivity index (χ4v) is 5.17. The van der Waals surface area contributed by atoms with Crippen LogP contribution in [0.1, 0.15) is 92.4 Å². The highest BCUT2D eigenvalue weighted by Gasteiger charge is 2.22. The van der Waals surface area contributed by atoms with Crippen molar-refractivity contribution >= 4 is 33.5 Å². The molecule has 37 heavy (non-hydrogen) atoms. The SMILES string of the molecule is CC.CC/C=C\C/C=C\C/C=C\C/C=C\C/C=C\C/C=C\CCC(=O)NCCSSC(C)(C)CC(=O)O. The second-order valence-electron chi connectivity index (χ2n) is 8.54. The van der Waals surface area contributed by atoms with Crippen LogP contribution >= 0.6 is 21.6 Å². The third-order valence-electron chi connectivity index (χ3n) is 4.50. The molecule has 0 rings (SSSR count). The van der Waals surface area contributed by atoms with Gasteiger partial charge in [0.15, 0.2) is 0 Å². The molecule has 0 bridgehead atoms. The zero-order valence-electron chi connectivity index (χ0n) is 23.8. The fraction of sp³-hybridized carbons (Fsp3) is 0.548. The first-order valence-electron chi connectivity index (χ1n) is 13.6. The van der Waals surface area contributed by atoms with E-state index in [0.717, 1.165) is 50.7 Å². The van der Waals surface area contributed by atoms with Gasteiger partial charge >= 0.3 is 5.97 Å². The van der Waals surface area contributed by atoms with Crippen LogP contribution < -0.4 is 5.32 Å². The van der Waals surface area contributed by atoms with E-state index in [4.69, 9.17) is 5.11 Å². The van der Waals surface area contributed by atoms with E-state index in [1.807, 2.05) is 27.7 Å². The number of allylic oxidation sites excluding steroid dienone is 12. The van der Waals surface area contributed by atoms with Crippen molar-refractivity contribution in [2.24, 2.45) is 0 Å². The number of nitrogens with one attached hydrogen (secondary N) is 1. The molecule has 0 aliphatic heterocycles. The minimum absolute atomic E-state index is 0.0555. The Bertz CT molecular complexity index is 735. The number of carbonyl (C=O) groups excluding carboxylic acids is 1. The van der Waals surface area contributed by atoms with Gasteiger partial charge < -0.3 is 10.4 Å². The molecule has 6 heteroatoms. The maximum Gasteiger partial charge on any atom is 0.304 e. The molecule has 0 aliphatic rings. The number of amides is 1. The Labute approximate surface area is 235 Å². The van der Waals surface area contributed by atoms with Crippen molar-refractivity contribution in [2.45, 2.75) is 97.2 Å². The summed E-state index contributed by atoms with van der Waals surface area (Å²) in [5, 5.41) is 11.8. The van der Waals surface area contributed by atoms with Crippen LogP contribution in [0.25, 0.3) is 0 Å². The lowest BCUT2D eigenvalue weighted by Crippen LogP contribution is -2.25. The summed E-state index contributed by atoms with van der Waals surface area (Å²) in [6.45, 7) is 10.6. The van der Waals surface area contributed by atoms with E-state index in [1.165, 1.54) is 0 Å². The summed E-state index contributed by atoms with van der Waals surface area (Å²) < 4.78 is -0.309. The van der Waals surface area contributed by atoms with Crippen molar-refractivity contribution in [2.75, 3.05) is 12.3 Å². The van der Waals surface area contributed by atoms with Gasteiger partial charge in [-0.05, 0) is 58.8 Å². The molecular formula is C31H51NO3S2. The number of hydrogen-bond donors (Lipinski definition) is 2. The minimum Gasteiger partial charge on any atom is -0.481 e. The van der Waals surface area contributed by atoms with Crippen LogP contribution in [0.2, 0.25) is 0 Å². The Hall–Kier alpha value is -1.92. The van der Waals surface area contributed by atoms with Crippen LogP contribution in [-0.4, -0.2) is 34.0 Å². The summed E-state index contributed by atoms with van der Waals surface area (Å²) in [5.41, 5.74) is 0. The van der Waals surface area contributed by atoms with Gasteiger partial charge in [0, 0.05) is 23.5 Å². The molecule has 0 saturated heterocycles. The molecule has 0 aromatic carbocycles. The number of hydrogen-bond acceptors (Lipinski definition) is 4. The third kappa shape index (κ3) is 32.1. The molecule has 0 fully saturated rings. The first-order chi connectivity index (χ1) is 17.9. The Balaban J connectivity index is 0. The lowest BCUT2D eigenvalue weighted by molar-refractivity contribution is -0.137. The number of rotatable bonds is 21. The minimum atomic E-state index is -0.786. The third-order valence-corrected chi connectivity index (χ3v) is 7.79. The molecule has 0 atom stereocenters. The molecule has 0 saturated carbocycles.